The van der Waals surface area contributed by atoms with Gasteiger partial charge >= 0.3 is 0 Å². The van der Waals surface area contributed by atoms with Crippen molar-refractivity contribution in [1.82, 2.24) is 20.1 Å². The Morgan fingerprint density at radius 1 is 1.11 bits per heavy atom. The van der Waals surface area contributed by atoms with Gasteiger partial charge < -0.3 is 14.1 Å². The molecule has 0 spiro atoms. The molecule has 0 atom stereocenters. The number of hydrogen-bond donors (Lipinski definition) is 1. The summed E-state index contributed by atoms with van der Waals surface area (Å²) in [5.41, 5.74) is 2.69. The lowest BCUT2D eigenvalue weighted by molar-refractivity contribution is 0.0724. The number of nitrogens with zero attached hydrogens (tertiary/aromatic N) is 3. The van der Waals surface area contributed by atoms with Crippen molar-refractivity contribution in [3.8, 4) is 0 Å². The number of rotatable bonds is 3. The number of ether oxygens (including phenoxy) is 1. The molecule has 1 saturated heterocycles. The molecule has 1 amide bonds. The molecular formula is C21H28N4O3. The summed E-state index contributed by atoms with van der Waals surface area (Å²) in [7, 11) is 0. The molecule has 2 aromatic rings. The number of nitrogens with one attached hydrogen (secondary N) is 1. The first-order valence-corrected chi connectivity index (χ1v) is 10.7. The summed E-state index contributed by atoms with van der Waals surface area (Å²) < 4.78 is 11.5. The molecule has 150 valence electrons. The van der Waals surface area contributed by atoms with Gasteiger partial charge in [-0.3, -0.25) is 9.89 Å². The summed E-state index contributed by atoms with van der Waals surface area (Å²) in [6.45, 7) is 2.74. The van der Waals surface area contributed by atoms with Crippen LogP contribution in [0, 0.1) is 0 Å². The fourth-order valence-corrected chi connectivity index (χ4v) is 4.85. The minimum absolute atomic E-state index is 0.0654. The molecule has 0 bridgehead atoms. The van der Waals surface area contributed by atoms with Crippen LogP contribution < -0.4 is 0 Å². The molecule has 1 aliphatic carbocycles. The predicted molar refractivity (Wildman–Crippen MR) is 102 cm³/mol. The maximum absolute atomic E-state index is 13.2. The Balaban J connectivity index is 1.32. The average Bonchev–Trinajstić information content (AvgIpc) is 3.41. The Morgan fingerprint density at radius 3 is 2.75 bits per heavy atom. The SMILES string of the molecule is O=C(c1cn[nH]c1C1CCCCC1)N1CCc2oc(C3CCOCC3)nc2C1. The Morgan fingerprint density at radius 2 is 1.93 bits per heavy atom. The molecule has 4 heterocycles. The van der Waals surface area contributed by atoms with E-state index in [0.29, 0.717) is 24.9 Å². The van der Waals surface area contributed by atoms with Crippen molar-refractivity contribution in [2.45, 2.75) is 69.7 Å². The van der Waals surface area contributed by atoms with E-state index >= 15 is 0 Å². The smallest absolute Gasteiger partial charge is 0.257 e. The van der Waals surface area contributed by atoms with Crippen LogP contribution in [-0.4, -0.2) is 45.7 Å². The fraction of sp³-hybridized carbons (Fsp3) is 0.667. The topological polar surface area (TPSA) is 84.2 Å². The monoisotopic (exact) mass is 384 g/mol. The van der Waals surface area contributed by atoms with Gasteiger partial charge in [-0.25, -0.2) is 4.98 Å². The summed E-state index contributed by atoms with van der Waals surface area (Å²) in [5, 5.41) is 7.32. The van der Waals surface area contributed by atoms with Crippen LogP contribution >= 0.6 is 0 Å². The number of hydrogen-bond acceptors (Lipinski definition) is 5. The molecule has 7 nitrogen and oxygen atoms in total. The third-order valence-electron chi connectivity index (χ3n) is 6.51. The van der Waals surface area contributed by atoms with Crippen LogP contribution in [-0.2, 0) is 17.7 Å². The molecule has 2 aliphatic heterocycles. The summed E-state index contributed by atoms with van der Waals surface area (Å²) in [5.74, 6) is 2.62. The van der Waals surface area contributed by atoms with Crippen molar-refractivity contribution in [1.29, 1.82) is 0 Å². The molecule has 0 unspecified atom stereocenters. The van der Waals surface area contributed by atoms with Crippen molar-refractivity contribution in [2.24, 2.45) is 0 Å². The number of carbonyl (C=O) groups excluding carboxylic acids is 1. The molecule has 2 aromatic heterocycles. The van der Waals surface area contributed by atoms with E-state index in [-0.39, 0.29) is 5.91 Å². The van der Waals surface area contributed by atoms with E-state index < -0.39 is 0 Å². The Kier molecular flexibility index (Phi) is 4.93. The second kappa shape index (κ2) is 7.70. The highest BCUT2D eigenvalue weighted by Crippen LogP contribution is 2.34. The lowest BCUT2D eigenvalue weighted by Gasteiger charge is -2.27. The van der Waals surface area contributed by atoms with Gasteiger partial charge in [0.05, 0.1) is 24.0 Å². The largest absolute Gasteiger partial charge is 0.445 e. The summed E-state index contributed by atoms with van der Waals surface area (Å²) in [4.78, 5) is 19.9. The third kappa shape index (κ3) is 3.36. The Hall–Kier alpha value is -2.15. The number of carbonyl (C=O) groups is 1. The number of fused-ring (bicyclic) bond motifs is 1. The summed E-state index contributed by atoms with van der Waals surface area (Å²) >= 11 is 0. The van der Waals surface area contributed by atoms with Crippen molar-refractivity contribution >= 4 is 5.91 Å². The minimum atomic E-state index is 0.0654. The predicted octanol–water partition coefficient (Wildman–Crippen LogP) is 3.54. The van der Waals surface area contributed by atoms with E-state index in [2.05, 4.69) is 10.2 Å². The van der Waals surface area contributed by atoms with Crippen LogP contribution in [0.2, 0.25) is 0 Å². The molecule has 28 heavy (non-hydrogen) atoms. The summed E-state index contributed by atoms with van der Waals surface area (Å²) in [6.07, 6.45) is 10.4. The molecule has 5 rings (SSSR count). The minimum Gasteiger partial charge on any atom is -0.445 e. The lowest BCUT2D eigenvalue weighted by atomic mass is 9.85. The van der Waals surface area contributed by atoms with Crippen LogP contribution in [0.1, 0.15) is 90.2 Å². The first kappa shape index (κ1) is 17.9. The molecule has 2 fully saturated rings. The van der Waals surface area contributed by atoms with Crippen LogP contribution in [0.25, 0.3) is 0 Å². The zero-order chi connectivity index (χ0) is 18.9. The molecule has 7 heteroatoms. The summed E-state index contributed by atoms with van der Waals surface area (Å²) in [6, 6.07) is 0. The van der Waals surface area contributed by atoms with Gasteiger partial charge in [0.2, 0.25) is 0 Å². The van der Waals surface area contributed by atoms with Gasteiger partial charge in [-0.15, -0.1) is 0 Å². The quantitative estimate of drug-likeness (QED) is 0.875. The number of aromatic nitrogens is 3. The highest BCUT2D eigenvalue weighted by molar-refractivity contribution is 5.95. The third-order valence-corrected chi connectivity index (χ3v) is 6.51. The van der Waals surface area contributed by atoms with E-state index in [1.165, 1.54) is 19.3 Å². The van der Waals surface area contributed by atoms with Gasteiger partial charge in [0, 0.05) is 38.0 Å². The molecule has 1 N–H and O–H groups in total. The Bertz CT molecular complexity index is 831. The van der Waals surface area contributed by atoms with Gasteiger partial charge in [0.1, 0.15) is 11.5 Å². The highest BCUT2D eigenvalue weighted by atomic mass is 16.5. The first-order chi connectivity index (χ1) is 13.8. The number of aromatic amines is 1. The van der Waals surface area contributed by atoms with Gasteiger partial charge in [-0.05, 0) is 25.7 Å². The van der Waals surface area contributed by atoms with Crippen molar-refractivity contribution in [3.63, 3.8) is 0 Å². The number of oxazole rings is 1. The molecule has 0 aromatic carbocycles. The van der Waals surface area contributed by atoms with E-state index in [0.717, 1.165) is 73.9 Å². The van der Waals surface area contributed by atoms with Crippen LogP contribution in [0.5, 0.6) is 0 Å². The van der Waals surface area contributed by atoms with E-state index in [9.17, 15) is 4.79 Å². The second-order valence-corrected chi connectivity index (χ2v) is 8.32. The van der Waals surface area contributed by atoms with Gasteiger partial charge in [-0.2, -0.15) is 5.10 Å². The van der Waals surface area contributed by atoms with Gasteiger partial charge in [-0.1, -0.05) is 19.3 Å². The normalized spacial score (nSPS) is 21.6. The van der Waals surface area contributed by atoms with Crippen molar-refractivity contribution < 1.29 is 13.9 Å². The molecule has 3 aliphatic rings. The van der Waals surface area contributed by atoms with Crippen molar-refractivity contribution in [2.75, 3.05) is 19.8 Å². The first-order valence-electron chi connectivity index (χ1n) is 10.7. The van der Waals surface area contributed by atoms with Gasteiger partial charge in [0.25, 0.3) is 5.91 Å². The van der Waals surface area contributed by atoms with Gasteiger partial charge in [0.15, 0.2) is 5.89 Å². The van der Waals surface area contributed by atoms with E-state index in [1.807, 2.05) is 4.90 Å². The zero-order valence-corrected chi connectivity index (χ0v) is 16.3. The zero-order valence-electron chi connectivity index (χ0n) is 16.3. The number of amides is 1. The second-order valence-electron chi connectivity index (χ2n) is 8.32. The maximum atomic E-state index is 13.2. The number of H-pyrrole nitrogens is 1. The molecular weight excluding hydrogens is 356 g/mol. The van der Waals surface area contributed by atoms with Crippen molar-refractivity contribution in [3.05, 3.63) is 34.8 Å². The van der Waals surface area contributed by atoms with Crippen LogP contribution in [0.4, 0.5) is 0 Å². The van der Waals surface area contributed by atoms with E-state index in [4.69, 9.17) is 14.1 Å². The van der Waals surface area contributed by atoms with Crippen LogP contribution in [0.3, 0.4) is 0 Å². The fourth-order valence-electron chi connectivity index (χ4n) is 4.85. The molecule has 1 saturated carbocycles. The highest BCUT2D eigenvalue weighted by Gasteiger charge is 2.31. The maximum Gasteiger partial charge on any atom is 0.257 e. The Labute approximate surface area is 164 Å². The lowest BCUT2D eigenvalue weighted by Crippen LogP contribution is -2.36. The average molecular weight is 384 g/mol. The standard InChI is InChI=1S/C21H28N4O3/c26-21(16-12-22-24-19(16)14-4-2-1-3-5-14)25-9-6-18-17(13-25)23-20(28-18)15-7-10-27-11-8-15/h12,14-15H,1-11,13H2,(H,22,24). The van der Waals surface area contributed by atoms with E-state index in [1.54, 1.807) is 6.20 Å². The van der Waals surface area contributed by atoms with Crippen LogP contribution in [0.15, 0.2) is 10.6 Å². The molecule has 0 radical (unpaired) electrons.